The molecule has 0 spiro atoms. The first-order valence-corrected chi connectivity index (χ1v) is 11.9. The zero-order valence-corrected chi connectivity index (χ0v) is 20.9. The van der Waals surface area contributed by atoms with Crippen molar-refractivity contribution in [3.63, 3.8) is 0 Å². The summed E-state index contributed by atoms with van der Waals surface area (Å²) in [6, 6.07) is 12.4. The number of benzene rings is 1. The van der Waals surface area contributed by atoms with Crippen molar-refractivity contribution in [2.24, 2.45) is 4.99 Å². The topological polar surface area (TPSA) is 99.0 Å². The Morgan fingerprint density at radius 1 is 1.10 bits per heavy atom. The monoisotopic (exact) mass is 561 g/mol. The van der Waals surface area contributed by atoms with Crippen molar-refractivity contribution in [3.8, 4) is 0 Å². The van der Waals surface area contributed by atoms with Crippen LogP contribution in [-0.2, 0) is 10.0 Å². The molecule has 1 unspecified atom stereocenters. The van der Waals surface area contributed by atoms with E-state index >= 15 is 0 Å². The van der Waals surface area contributed by atoms with Gasteiger partial charge in [-0.25, -0.2) is 13.1 Å². The lowest BCUT2D eigenvalue weighted by atomic mass is 10.2. The molecule has 1 aliphatic rings. The molecule has 3 rings (SSSR count). The van der Waals surface area contributed by atoms with Gasteiger partial charge in [0, 0.05) is 19.6 Å². The van der Waals surface area contributed by atoms with Crippen molar-refractivity contribution in [3.05, 3.63) is 54.5 Å². The summed E-state index contributed by atoms with van der Waals surface area (Å²) < 4.78 is 32.8. The van der Waals surface area contributed by atoms with Crippen LogP contribution in [0.25, 0.3) is 0 Å². The number of nitrogens with zero attached hydrogens (tertiary/aromatic N) is 2. The number of halogens is 1. The molecule has 0 bridgehead atoms. The zero-order valence-electron chi connectivity index (χ0n) is 17.8. The molecule has 0 amide bonds. The van der Waals surface area contributed by atoms with Crippen molar-refractivity contribution < 1.29 is 12.8 Å². The van der Waals surface area contributed by atoms with Gasteiger partial charge in [-0.15, -0.1) is 24.0 Å². The largest absolute Gasteiger partial charge is 0.468 e. The summed E-state index contributed by atoms with van der Waals surface area (Å²) in [5.74, 6) is 1.58. The Bertz CT molecular complexity index is 885. The van der Waals surface area contributed by atoms with Crippen LogP contribution in [0, 0.1) is 0 Å². The first-order valence-electron chi connectivity index (χ1n) is 10.4. The van der Waals surface area contributed by atoms with Crippen LogP contribution in [0.1, 0.15) is 31.6 Å². The van der Waals surface area contributed by atoms with Crippen molar-refractivity contribution in [1.29, 1.82) is 0 Å². The number of furan rings is 1. The molecule has 1 aliphatic heterocycles. The zero-order chi connectivity index (χ0) is 21.2. The molecule has 0 radical (unpaired) electrons. The molecule has 10 heteroatoms. The predicted octanol–water partition coefficient (Wildman–Crippen LogP) is 2.57. The van der Waals surface area contributed by atoms with Crippen LogP contribution in [0.3, 0.4) is 0 Å². The molecular formula is C21H32IN5O3S. The molecule has 2 heterocycles. The summed E-state index contributed by atoms with van der Waals surface area (Å²) in [7, 11) is -3.51. The third-order valence-electron chi connectivity index (χ3n) is 4.98. The van der Waals surface area contributed by atoms with Crippen molar-refractivity contribution in [2.45, 2.75) is 30.7 Å². The lowest BCUT2D eigenvalue weighted by Gasteiger charge is -2.24. The third-order valence-corrected chi connectivity index (χ3v) is 6.46. The Kier molecular flexibility index (Phi) is 10.8. The van der Waals surface area contributed by atoms with Crippen LogP contribution in [-0.4, -0.2) is 58.5 Å². The van der Waals surface area contributed by atoms with Gasteiger partial charge in [0.05, 0.1) is 23.7 Å². The Hall–Kier alpha value is -1.63. The van der Waals surface area contributed by atoms with Gasteiger partial charge in [-0.3, -0.25) is 9.89 Å². The smallest absolute Gasteiger partial charge is 0.240 e. The molecule has 8 nitrogen and oxygen atoms in total. The van der Waals surface area contributed by atoms with Gasteiger partial charge in [-0.1, -0.05) is 18.2 Å². The summed E-state index contributed by atoms with van der Waals surface area (Å²) >= 11 is 0. The minimum atomic E-state index is -3.51. The molecule has 1 fully saturated rings. The normalized spacial score (nSPS) is 16.0. The van der Waals surface area contributed by atoms with E-state index in [1.54, 1.807) is 36.6 Å². The molecule has 1 aromatic heterocycles. The molecule has 172 valence electrons. The van der Waals surface area contributed by atoms with Crippen LogP contribution in [0.5, 0.6) is 0 Å². The average Bonchev–Trinajstić information content (AvgIpc) is 3.47. The third kappa shape index (κ3) is 7.78. The lowest BCUT2D eigenvalue weighted by molar-refractivity contribution is 0.221. The van der Waals surface area contributed by atoms with Crippen LogP contribution < -0.4 is 15.4 Å². The number of likely N-dealkylation sites (tertiary alicyclic amines) is 1. The van der Waals surface area contributed by atoms with Gasteiger partial charge in [0.25, 0.3) is 0 Å². The summed E-state index contributed by atoms with van der Waals surface area (Å²) in [6.07, 6.45) is 4.09. The second kappa shape index (κ2) is 13.0. The maximum absolute atomic E-state index is 12.3. The molecule has 1 atom stereocenters. The average molecular weight is 561 g/mol. The summed E-state index contributed by atoms with van der Waals surface area (Å²) in [6.45, 7) is 6.07. The van der Waals surface area contributed by atoms with Crippen LogP contribution >= 0.6 is 24.0 Å². The Morgan fingerprint density at radius 3 is 2.48 bits per heavy atom. The summed E-state index contributed by atoms with van der Waals surface area (Å²) in [4.78, 5) is 7.39. The molecule has 0 saturated carbocycles. The highest BCUT2D eigenvalue weighted by Gasteiger charge is 2.25. The summed E-state index contributed by atoms with van der Waals surface area (Å²) in [5.41, 5.74) is 0. The van der Waals surface area contributed by atoms with E-state index in [1.807, 2.05) is 19.1 Å². The van der Waals surface area contributed by atoms with E-state index in [1.165, 1.54) is 12.8 Å². The molecule has 31 heavy (non-hydrogen) atoms. The fourth-order valence-corrected chi connectivity index (χ4v) is 4.54. The molecule has 2 aromatic rings. The molecule has 0 aliphatic carbocycles. The second-order valence-electron chi connectivity index (χ2n) is 7.13. The first-order chi connectivity index (χ1) is 14.6. The maximum Gasteiger partial charge on any atom is 0.240 e. The first kappa shape index (κ1) is 25.6. The highest BCUT2D eigenvalue weighted by molar-refractivity contribution is 14.0. The minimum absolute atomic E-state index is 0. The quantitative estimate of drug-likeness (QED) is 0.179. The molecule has 1 saturated heterocycles. The molecule has 3 N–H and O–H groups in total. The molecule has 1 aromatic carbocycles. The van der Waals surface area contributed by atoms with Crippen molar-refractivity contribution in [2.75, 3.05) is 39.3 Å². The van der Waals surface area contributed by atoms with Gasteiger partial charge in [0.15, 0.2) is 5.96 Å². The number of rotatable bonds is 10. The van der Waals surface area contributed by atoms with E-state index in [0.29, 0.717) is 19.0 Å². The highest BCUT2D eigenvalue weighted by atomic mass is 127. The maximum atomic E-state index is 12.3. The lowest BCUT2D eigenvalue weighted by Crippen LogP contribution is -2.42. The van der Waals surface area contributed by atoms with E-state index in [9.17, 15) is 8.42 Å². The Balaban J connectivity index is 0.00000341. The number of aliphatic imine (C=N–C) groups is 1. The van der Waals surface area contributed by atoms with Gasteiger partial charge >= 0.3 is 0 Å². The minimum Gasteiger partial charge on any atom is -0.468 e. The number of hydrogen-bond donors (Lipinski definition) is 3. The number of nitrogens with one attached hydrogen (secondary N) is 3. The standard InChI is InChI=1S/C21H31N5O3S.HI/c1-2-22-21(23-12-13-25-30(27,28)18-9-4-3-5-10-18)24-17-19(20-11-8-16-29-20)26-14-6-7-15-26;/h3-5,8-11,16,19,25H,2,6-7,12-15,17H2,1H3,(H2,22,23,24);1H. The number of guanidine groups is 1. The van der Waals surface area contributed by atoms with Gasteiger partial charge < -0.3 is 15.1 Å². The summed E-state index contributed by atoms with van der Waals surface area (Å²) in [5, 5.41) is 6.41. The van der Waals surface area contributed by atoms with Gasteiger partial charge in [-0.2, -0.15) is 0 Å². The van der Waals surface area contributed by atoms with Crippen molar-refractivity contribution in [1.82, 2.24) is 20.3 Å². The number of sulfonamides is 1. The second-order valence-corrected chi connectivity index (χ2v) is 8.90. The van der Waals surface area contributed by atoms with E-state index in [4.69, 9.17) is 9.41 Å². The Labute approximate surface area is 202 Å². The number of hydrogen-bond acceptors (Lipinski definition) is 5. The van der Waals surface area contributed by atoms with E-state index in [2.05, 4.69) is 20.3 Å². The van der Waals surface area contributed by atoms with E-state index < -0.39 is 10.0 Å². The Morgan fingerprint density at radius 2 is 1.84 bits per heavy atom. The van der Waals surface area contributed by atoms with Crippen LogP contribution in [0.2, 0.25) is 0 Å². The molecular weight excluding hydrogens is 529 g/mol. The fourth-order valence-electron chi connectivity index (χ4n) is 3.49. The van der Waals surface area contributed by atoms with Gasteiger partial charge in [0.1, 0.15) is 5.76 Å². The van der Waals surface area contributed by atoms with Crippen molar-refractivity contribution >= 4 is 40.0 Å². The SMILES string of the molecule is CCNC(=NCC(c1ccco1)N1CCCC1)NCCNS(=O)(=O)c1ccccc1.I. The highest BCUT2D eigenvalue weighted by Crippen LogP contribution is 2.25. The van der Waals surface area contributed by atoms with Crippen LogP contribution in [0.4, 0.5) is 0 Å². The predicted molar refractivity (Wildman–Crippen MR) is 133 cm³/mol. The van der Waals surface area contributed by atoms with E-state index in [-0.39, 0.29) is 41.5 Å². The van der Waals surface area contributed by atoms with Crippen LogP contribution in [0.15, 0.2) is 63.0 Å². The van der Waals surface area contributed by atoms with E-state index in [0.717, 1.165) is 25.4 Å². The van der Waals surface area contributed by atoms with Gasteiger partial charge in [0.2, 0.25) is 10.0 Å². The van der Waals surface area contributed by atoms with Gasteiger partial charge in [-0.05, 0) is 57.1 Å². The fraction of sp³-hybridized carbons (Fsp3) is 0.476.